The molecular formula is C10H7ClF4O. The fourth-order valence-electron chi connectivity index (χ4n) is 1.18. The lowest BCUT2D eigenvalue weighted by molar-refractivity contribution is -0.151. The molecule has 0 aliphatic carbocycles. The average molecular weight is 255 g/mol. The first-order valence-corrected chi connectivity index (χ1v) is 4.69. The monoisotopic (exact) mass is 254 g/mol. The zero-order valence-corrected chi connectivity index (χ0v) is 8.70. The molecule has 0 saturated heterocycles. The van der Waals surface area contributed by atoms with Gasteiger partial charge in [-0.1, -0.05) is 17.7 Å². The van der Waals surface area contributed by atoms with Crippen molar-refractivity contribution in [3.63, 3.8) is 0 Å². The van der Waals surface area contributed by atoms with Crippen molar-refractivity contribution in [2.24, 2.45) is 0 Å². The number of carbonyl (C=O) groups is 1. The van der Waals surface area contributed by atoms with Crippen molar-refractivity contribution in [1.29, 1.82) is 0 Å². The third-order valence-electron chi connectivity index (χ3n) is 1.83. The van der Waals surface area contributed by atoms with Gasteiger partial charge in [0, 0.05) is 17.0 Å². The highest BCUT2D eigenvalue weighted by atomic mass is 35.5. The molecule has 1 nitrogen and oxygen atoms in total. The second kappa shape index (κ2) is 4.82. The average Bonchev–Trinajstić information content (AvgIpc) is 2.08. The van der Waals surface area contributed by atoms with E-state index in [0.717, 1.165) is 6.07 Å². The van der Waals surface area contributed by atoms with Crippen LogP contribution in [-0.4, -0.2) is 12.0 Å². The molecule has 0 bridgehead atoms. The number of halogens is 5. The maximum Gasteiger partial charge on any atom is 0.395 e. The van der Waals surface area contributed by atoms with Gasteiger partial charge in [0.25, 0.3) is 0 Å². The summed E-state index contributed by atoms with van der Waals surface area (Å²) in [6, 6.07) is 3.68. The van der Waals surface area contributed by atoms with Crippen LogP contribution in [0.2, 0.25) is 5.02 Å². The molecule has 0 fully saturated rings. The predicted octanol–water partition coefficient (Wildman–Crippen LogP) is 3.54. The van der Waals surface area contributed by atoms with Crippen LogP contribution < -0.4 is 0 Å². The van der Waals surface area contributed by atoms with Gasteiger partial charge < -0.3 is 0 Å². The van der Waals surface area contributed by atoms with Crippen molar-refractivity contribution in [2.45, 2.75) is 19.0 Å². The molecule has 1 rings (SSSR count). The summed E-state index contributed by atoms with van der Waals surface area (Å²) in [5.74, 6) is -1.89. The van der Waals surface area contributed by atoms with Crippen molar-refractivity contribution in [3.05, 3.63) is 34.6 Å². The van der Waals surface area contributed by atoms with Crippen molar-refractivity contribution in [2.75, 3.05) is 0 Å². The minimum Gasteiger partial charge on any atom is -0.299 e. The third-order valence-corrected chi connectivity index (χ3v) is 2.19. The fraction of sp³-hybridized carbons (Fsp3) is 0.300. The molecule has 0 saturated carbocycles. The molecule has 1 aromatic rings. The molecule has 16 heavy (non-hydrogen) atoms. The molecule has 0 spiro atoms. The van der Waals surface area contributed by atoms with Gasteiger partial charge in [0.15, 0.2) is 0 Å². The second-order valence-corrected chi connectivity index (χ2v) is 3.61. The zero-order chi connectivity index (χ0) is 12.3. The highest BCUT2D eigenvalue weighted by Gasteiger charge is 2.31. The maximum atomic E-state index is 13.1. The highest BCUT2D eigenvalue weighted by molar-refractivity contribution is 6.31. The first kappa shape index (κ1) is 13.0. The van der Waals surface area contributed by atoms with E-state index in [9.17, 15) is 22.4 Å². The quantitative estimate of drug-likeness (QED) is 0.754. The summed E-state index contributed by atoms with van der Waals surface area (Å²) < 4.78 is 48.7. The molecule has 0 unspecified atom stereocenters. The molecule has 0 radical (unpaired) electrons. The van der Waals surface area contributed by atoms with Crippen LogP contribution in [0.5, 0.6) is 0 Å². The van der Waals surface area contributed by atoms with Crippen LogP contribution in [0.4, 0.5) is 17.6 Å². The van der Waals surface area contributed by atoms with E-state index in [0.29, 0.717) is 0 Å². The van der Waals surface area contributed by atoms with Crippen LogP contribution in [0.15, 0.2) is 18.2 Å². The van der Waals surface area contributed by atoms with Crippen molar-refractivity contribution in [1.82, 2.24) is 0 Å². The van der Waals surface area contributed by atoms with E-state index in [1.54, 1.807) is 0 Å². The van der Waals surface area contributed by atoms with E-state index in [1.807, 2.05) is 0 Å². The molecule has 6 heteroatoms. The lowest BCUT2D eigenvalue weighted by atomic mass is 10.1. The zero-order valence-electron chi connectivity index (χ0n) is 7.94. The van der Waals surface area contributed by atoms with E-state index in [2.05, 4.69) is 0 Å². The highest BCUT2D eigenvalue weighted by Crippen LogP contribution is 2.24. The molecule has 0 aromatic heterocycles. The number of carbonyl (C=O) groups excluding carboxylic acids is 1. The predicted molar refractivity (Wildman–Crippen MR) is 50.8 cm³/mol. The van der Waals surface area contributed by atoms with Crippen LogP contribution >= 0.6 is 11.6 Å². The molecule has 88 valence electrons. The molecule has 1 aromatic carbocycles. The van der Waals surface area contributed by atoms with Gasteiger partial charge >= 0.3 is 6.18 Å². The number of ketones is 1. The molecule has 0 heterocycles. The fourth-order valence-corrected chi connectivity index (χ4v) is 1.41. The SMILES string of the molecule is O=C(Cc1c(F)cccc1Cl)CC(F)(F)F. The van der Waals surface area contributed by atoms with Gasteiger partial charge in [0.2, 0.25) is 0 Å². The minimum atomic E-state index is -4.57. The van der Waals surface area contributed by atoms with Gasteiger partial charge in [-0.15, -0.1) is 0 Å². The van der Waals surface area contributed by atoms with Crippen molar-refractivity contribution < 1.29 is 22.4 Å². The number of alkyl halides is 3. The van der Waals surface area contributed by atoms with Crippen LogP contribution in [-0.2, 0) is 11.2 Å². The molecular weight excluding hydrogens is 248 g/mol. The van der Waals surface area contributed by atoms with Gasteiger partial charge in [-0.2, -0.15) is 13.2 Å². The van der Waals surface area contributed by atoms with E-state index in [4.69, 9.17) is 11.6 Å². The molecule has 0 amide bonds. The number of Topliss-reactive ketones (excluding diaryl/α,β-unsaturated/α-hetero) is 1. The molecule has 0 aliphatic rings. The summed E-state index contributed by atoms with van der Waals surface area (Å²) in [5.41, 5.74) is -0.196. The smallest absolute Gasteiger partial charge is 0.299 e. The topological polar surface area (TPSA) is 17.1 Å². The number of hydrogen-bond acceptors (Lipinski definition) is 1. The standard InChI is InChI=1S/C10H7ClF4O/c11-8-2-1-3-9(12)7(8)4-6(16)5-10(13,14)15/h1-3H,4-5H2. The first-order chi connectivity index (χ1) is 7.29. The summed E-state index contributed by atoms with van der Waals surface area (Å²) in [6.07, 6.45) is -6.79. The Bertz CT molecular complexity index is 380. The van der Waals surface area contributed by atoms with Gasteiger partial charge in [-0.3, -0.25) is 4.79 Å². The largest absolute Gasteiger partial charge is 0.395 e. The van der Waals surface area contributed by atoms with Gasteiger partial charge in [0.05, 0.1) is 0 Å². The van der Waals surface area contributed by atoms with Crippen LogP contribution in [0.1, 0.15) is 12.0 Å². The lowest BCUT2D eigenvalue weighted by Gasteiger charge is -2.07. The first-order valence-electron chi connectivity index (χ1n) is 4.31. The van der Waals surface area contributed by atoms with Crippen LogP contribution in [0, 0.1) is 5.82 Å². The third kappa shape index (κ3) is 3.81. The van der Waals surface area contributed by atoms with Crippen LogP contribution in [0.3, 0.4) is 0 Å². The summed E-state index contributed by atoms with van der Waals surface area (Å²) in [5, 5.41) is -0.0458. The maximum absolute atomic E-state index is 13.1. The Morgan fingerprint density at radius 3 is 2.44 bits per heavy atom. The summed E-state index contributed by atoms with van der Waals surface area (Å²) in [4.78, 5) is 11.0. The number of rotatable bonds is 3. The Labute approximate surface area is 94.0 Å². The van der Waals surface area contributed by atoms with Gasteiger partial charge in [-0.25, -0.2) is 4.39 Å². The number of benzene rings is 1. The van der Waals surface area contributed by atoms with E-state index in [-0.39, 0.29) is 10.6 Å². The van der Waals surface area contributed by atoms with Crippen LogP contribution in [0.25, 0.3) is 0 Å². The molecule has 0 aliphatic heterocycles. The normalized spacial score (nSPS) is 11.6. The number of hydrogen-bond donors (Lipinski definition) is 0. The van der Waals surface area contributed by atoms with E-state index < -0.39 is 30.6 Å². The summed E-state index contributed by atoms with van der Waals surface area (Å²) in [6.45, 7) is 0. The molecule has 0 atom stereocenters. The Hall–Kier alpha value is -1.10. The van der Waals surface area contributed by atoms with Gasteiger partial charge in [0.1, 0.15) is 18.0 Å². The second-order valence-electron chi connectivity index (χ2n) is 3.21. The van der Waals surface area contributed by atoms with Gasteiger partial charge in [-0.05, 0) is 12.1 Å². The molecule has 0 N–H and O–H groups in total. The van der Waals surface area contributed by atoms with Crippen molar-refractivity contribution >= 4 is 17.4 Å². The van der Waals surface area contributed by atoms with Crippen molar-refractivity contribution in [3.8, 4) is 0 Å². The Morgan fingerprint density at radius 1 is 1.31 bits per heavy atom. The Balaban J connectivity index is 2.78. The van der Waals surface area contributed by atoms with E-state index in [1.165, 1.54) is 12.1 Å². The summed E-state index contributed by atoms with van der Waals surface area (Å²) >= 11 is 5.57. The Kier molecular flexibility index (Phi) is 3.91. The summed E-state index contributed by atoms with van der Waals surface area (Å²) in [7, 11) is 0. The Morgan fingerprint density at radius 2 is 1.94 bits per heavy atom. The minimum absolute atomic E-state index is 0.0458. The lowest BCUT2D eigenvalue weighted by Crippen LogP contribution is -2.17. The van der Waals surface area contributed by atoms with E-state index >= 15 is 0 Å².